The van der Waals surface area contributed by atoms with Gasteiger partial charge in [-0.05, 0) is 36.5 Å². The molecule has 0 aliphatic heterocycles. The zero-order valence-electron chi connectivity index (χ0n) is 12.4. The van der Waals surface area contributed by atoms with Crippen LogP contribution < -0.4 is 4.72 Å². The van der Waals surface area contributed by atoms with Crippen molar-refractivity contribution >= 4 is 10.0 Å². The zero-order valence-corrected chi connectivity index (χ0v) is 13.2. The second kappa shape index (κ2) is 7.06. The quantitative estimate of drug-likeness (QED) is 0.909. The predicted molar refractivity (Wildman–Crippen MR) is 83.0 cm³/mol. The fraction of sp³-hybridized carbons (Fsp3) is 0.562. The largest absolute Gasteiger partial charge is 0.216 e. The van der Waals surface area contributed by atoms with Gasteiger partial charge in [-0.15, -0.1) is 0 Å². The summed E-state index contributed by atoms with van der Waals surface area (Å²) < 4.78 is 27.3. The highest BCUT2D eigenvalue weighted by molar-refractivity contribution is 7.88. The first-order valence-electron chi connectivity index (χ1n) is 7.51. The van der Waals surface area contributed by atoms with Crippen molar-refractivity contribution in [3.05, 3.63) is 35.4 Å². The molecule has 114 valence electrons. The van der Waals surface area contributed by atoms with Crippen molar-refractivity contribution in [2.45, 2.75) is 50.8 Å². The van der Waals surface area contributed by atoms with Crippen molar-refractivity contribution in [1.29, 1.82) is 5.26 Å². The fourth-order valence-electron chi connectivity index (χ4n) is 2.96. The predicted octanol–water partition coefficient (Wildman–Crippen LogP) is 2.95. The third-order valence-corrected chi connectivity index (χ3v) is 5.55. The Hall–Kier alpha value is -1.38. The van der Waals surface area contributed by atoms with Gasteiger partial charge in [-0.3, -0.25) is 0 Å². The van der Waals surface area contributed by atoms with Gasteiger partial charge in [0.2, 0.25) is 10.0 Å². The number of rotatable bonds is 5. The number of sulfonamides is 1. The van der Waals surface area contributed by atoms with Gasteiger partial charge < -0.3 is 0 Å². The normalized spacial score (nSPS) is 22.7. The first kappa shape index (κ1) is 16.0. The summed E-state index contributed by atoms with van der Waals surface area (Å²) in [6, 6.07) is 8.81. The minimum absolute atomic E-state index is 0.0218. The molecule has 1 aromatic rings. The van der Waals surface area contributed by atoms with E-state index in [0.29, 0.717) is 17.0 Å². The molecular weight excluding hydrogens is 284 g/mol. The molecule has 1 aromatic carbocycles. The zero-order chi connectivity index (χ0) is 15.3. The number of nitrogens with one attached hydrogen (secondary N) is 1. The summed E-state index contributed by atoms with van der Waals surface area (Å²) in [5, 5.41) is 8.75. The molecule has 0 saturated heterocycles. The molecule has 1 N–H and O–H groups in total. The molecule has 0 bridgehead atoms. The van der Waals surface area contributed by atoms with Crippen LogP contribution in [0, 0.1) is 17.2 Å². The Kier molecular flexibility index (Phi) is 5.38. The molecule has 1 aliphatic carbocycles. The second-order valence-corrected chi connectivity index (χ2v) is 7.58. The van der Waals surface area contributed by atoms with E-state index in [2.05, 4.69) is 11.6 Å². The smallest absolute Gasteiger partial charge is 0.212 e. The average Bonchev–Trinajstić information content (AvgIpc) is 2.47. The van der Waals surface area contributed by atoms with Gasteiger partial charge in [-0.2, -0.15) is 5.26 Å². The van der Waals surface area contributed by atoms with E-state index < -0.39 is 10.0 Å². The maximum absolute atomic E-state index is 12.2. The van der Waals surface area contributed by atoms with Crippen molar-refractivity contribution in [3.8, 4) is 6.07 Å². The van der Waals surface area contributed by atoms with Crippen LogP contribution in [0.3, 0.4) is 0 Å². The van der Waals surface area contributed by atoms with Gasteiger partial charge in [-0.25, -0.2) is 13.1 Å². The first-order chi connectivity index (χ1) is 10.0. The van der Waals surface area contributed by atoms with Crippen LogP contribution in [0.15, 0.2) is 24.3 Å². The van der Waals surface area contributed by atoms with E-state index in [1.54, 1.807) is 24.3 Å². The number of nitriles is 1. The monoisotopic (exact) mass is 306 g/mol. The highest BCUT2D eigenvalue weighted by atomic mass is 32.2. The van der Waals surface area contributed by atoms with E-state index in [0.717, 1.165) is 25.7 Å². The number of hydrogen-bond donors (Lipinski definition) is 1. The third-order valence-electron chi connectivity index (χ3n) is 4.15. The van der Waals surface area contributed by atoms with Crippen LogP contribution in [-0.2, 0) is 15.8 Å². The Bertz CT molecular complexity index is 602. The van der Waals surface area contributed by atoms with Gasteiger partial charge in [0.1, 0.15) is 0 Å². The van der Waals surface area contributed by atoms with Crippen LogP contribution in [0.1, 0.15) is 50.2 Å². The van der Waals surface area contributed by atoms with E-state index in [4.69, 9.17) is 5.26 Å². The topological polar surface area (TPSA) is 70.0 Å². The molecule has 2 unspecified atom stereocenters. The summed E-state index contributed by atoms with van der Waals surface area (Å²) in [6.07, 6.45) is 5.31. The SMILES string of the molecule is CCC1CCCC(NS(=O)(=O)Cc2ccc(C#N)cc2)C1. The molecule has 0 spiro atoms. The third kappa shape index (κ3) is 4.83. The van der Waals surface area contributed by atoms with E-state index in [9.17, 15) is 8.42 Å². The molecule has 1 aliphatic rings. The molecule has 21 heavy (non-hydrogen) atoms. The van der Waals surface area contributed by atoms with Crippen LogP contribution in [0.5, 0.6) is 0 Å². The van der Waals surface area contributed by atoms with Crippen molar-refractivity contribution < 1.29 is 8.42 Å². The molecule has 2 rings (SSSR count). The van der Waals surface area contributed by atoms with E-state index >= 15 is 0 Å². The summed E-state index contributed by atoms with van der Waals surface area (Å²) in [5.41, 5.74) is 1.26. The fourth-order valence-corrected chi connectivity index (χ4v) is 4.40. The molecule has 0 heterocycles. The van der Waals surface area contributed by atoms with E-state index in [-0.39, 0.29) is 11.8 Å². The minimum Gasteiger partial charge on any atom is -0.212 e. The Labute approximate surface area is 127 Å². The lowest BCUT2D eigenvalue weighted by Gasteiger charge is -2.28. The van der Waals surface area contributed by atoms with Crippen LogP contribution in [-0.4, -0.2) is 14.5 Å². The number of nitrogens with zero attached hydrogens (tertiary/aromatic N) is 1. The molecule has 1 fully saturated rings. The number of benzene rings is 1. The summed E-state index contributed by atoms with van der Waals surface area (Å²) in [7, 11) is -3.32. The van der Waals surface area contributed by atoms with Crippen LogP contribution >= 0.6 is 0 Å². The van der Waals surface area contributed by atoms with Gasteiger partial charge in [0, 0.05) is 6.04 Å². The van der Waals surface area contributed by atoms with Gasteiger partial charge in [0.05, 0.1) is 17.4 Å². The molecular formula is C16H22N2O2S. The Morgan fingerprint density at radius 2 is 2.00 bits per heavy atom. The molecule has 0 aromatic heterocycles. The Balaban J connectivity index is 1.96. The standard InChI is InChI=1S/C16H22N2O2S/c1-2-13-4-3-5-16(10-13)18-21(19,20)12-15-8-6-14(11-17)7-9-15/h6-9,13,16,18H,2-5,10,12H2,1H3. The summed E-state index contributed by atoms with van der Waals surface area (Å²) in [5.74, 6) is 0.618. The minimum atomic E-state index is -3.32. The number of hydrogen-bond acceptors (Lipinski definition) is 3. The highest BCUT2D eigenvalue weighted by Gasteiger charge is 2.24. The maximum Gasteiger partial charge on any atom is 0.216 e. The Morgan fingerprint density at radius 1 is 1.29 bits per heavy atom. The summed E-state index contributed by atoms with van der Waals surface area (Å²) in [6.45, 7) is 2.16. The first-order valence-corrected chi connectivity index (χ1v) is 9.16. The van der Waals surface area contributed by atoms with Crippen molar-refractivity contribution in [3.63, 3.8) is 0 Å². The second-order valence-electron chi connectivity index (χ2n) is 5.82. The van der Waals surface area contributed by atoms with Gasteiger partial charge in [0.25, 0.3) is 0 Å². The lowest BCUT2D eigenvalue weighted by molar-refractivity contribution is 0.301. The van der Waals surface area contributed by atoms with Crippen LogP contribution in [0.2, 0.25) is 0 Å². The maximum atomic E-state index is 12.2. The molecule has 1 saturated carbocycles. The van der Waals surface area contributed by atoms with Crippen molar-refractivity contribution in [2.75, 3.05) is 0 Å². The van der Waals surface area contributed by atoms with Crippen molar-refractivity contribution in [2.24, 2.45) is 5.92 Å². The molecule has 5 heteroatoms. The van der Waals surface area contributed by atoms with E-state index in [1.807, 2.05) is 6.07 Å². The van der Waals surface area contributed by atoms with Crippen LogP contribution in [0.4, 0.5) is 0 Å². The van der Waals surface area contributed by atoms with Gasteiger partial charge in [-0.1, -0.05) is 38.3 Å². The molecule has 0 amide bonds. The molecule has 0 radical (unpaired) electrons. The van der Waals surface area contributed by atoms with Gasteiger partial charge >= 0.3 is 0 Å². The molecule has 2 atom stereocenters. The van der Waals surface area contributed by atoms with Gasteiger partial charge in [0.15, 0.2) is 0 Å². The lowest BCUT2D eigenvalue weighted by atomic mass is 9.85. The summed E-state index contributed by atoms with van der Waals surface area (Å²) >= 11 is 0. The Morgan fingerprint density at radius 3 is 2.62 bits per heavy atom. The lowest BCUT2D eigenvalue weighted by Crippen LogP contribution is -2.38. The summed E-state index contributed by atoms with van der Waals surface area (Å²) in [4.78, 5) is 0. The van der Waals surface area contributed by atoms with Crippen molar-refractivity contribution in [1.82, 2.24) is 4.72 Å². The highest BCUT2D eigenvalue weighted by Crippen LogP contribution is 2.27. The van der Waals surface area contributed by atoms with Crippen LogP contribution in [0.25, 0.3) is 0 Å². The average molecular weight is 306 g/mol. The van der Waals surface area contributed by atoms with E-state index in [1.165, 1.54) is 6.42 Å². The molecule has 4 nitrogen and oxygen atoms in total.